The zero-order chi connectivity index (χ0) is 25.3. The second-order valence-electron chi connectivity index (χ2n) is 9.98. The van der Waals surface area contributed by atoms with Crippen LogP contribution < -0.4 is 20.5 Å². The minimum absolute atomic E-state index is 0. The molecule has 200 valence electrons. The molecule has 0 unspecified atom stereocenters. The topological polar surface area (TPSA) is 82.8 Å². The Bertz CT molecular complexity index is 857. The number of amides is 1. The summed E-state index contributed by atoms with van der Waals surface area (Å²) in [6, 6.07) is 15.3. The zero-order valence-corrected chi connectivity index (χ0v) is 23.7. The molecule has 2 aromatic rings. The summed E-state index contributed by atoms with van der Waals surface area (Å²) >= 11 is 6.72. The van der Waals surface area contributed by atoms with Crippen LogP contribution in [0, 0.1) is 0 Å². The summed E-state index contributed by atoms with van der Waals surface area (Å²) in [4.78, 5) is 11.7. The minimum Gasteiger partial charge on any atom is -0.492 e. The second kappa shape index (κ2) is 15.4. The standard InChI is InChI=1S/C15H22BrNO3.C10H14BrNO.2CH4/c1-14(2,3)20-13(18)17-15(4,5)10-19-12-8-6-11(16)7-9-12;1-10(2,12)7-13-9-5-3-8(11)4-6-9;;/h6-9H,10H2,1-5H3,(H,17,18);3-6H,7,12H2,1-2H3;2*1H4. The molecule has 0 fully saturated rings. The number of ether oxygens (including phenoxy) is 3. The predicted molar refractivity (Wildman–Crippen MR) is 154 cm³/mol. The largest absolute Gasteiger partial charge is 0.492 e. The van der Waals surface area contributed by atoms with Gasteiger partial charge in [-0.05, 0) is 97.0 Å². The highest BCUT2D eigenvalue weighted by molar-refractivity contribution is 9.10. The third kappa shape index (κ3) is 18.2. The fourth-order valence-electron chi connectivity index (χ4n) is 2.21. The van der Waals surface area contributed by atoms with Crippen molar-refractivity contribution in [3.05, 3.63) is 57.5 Å². The quantitative estimate of drug-likeness (QED) is 0.328. The number of benzene rings is 2. The molecule has 8 heteroatoms. The molecule has 0 saturated carbocycles. The maximum Gasteiger partial charge on any atom is 0.408 e. The molecule has 0 heterocycles. The van der Waals surface area contributed by atoms with Gasteiger partial charge in [-0.25, -0.2) is 4.79 Å². The van der Waals surface area contributed by atoms with Gasteiger partial charge in [0.05, 0.1) is 5.54 Å². The Labute approximate surface area is 229 Å². The third-order valence-electron chi connectivity index (χ3n) is 3.68. The van der Waals surface area contributed by atoms with Crippen molar-refractivity contribution < 1.29 is 19.0 Å². The molecule has 0 atom stereocenters. The van der Waals surface area contributed by atoms with Crippen molar-refractivity contribution in [1.29, 1.82) is 0 Å². The van der Waals surface area contributed by atoms with E-state index in [-0.39, 0.29) is 20.4 Å². The molecule has 0 saturated heterocycles. The minimum atomic E-state index is -0.518. The molecule has 0 spiro atoms. The van der Waals surface area contributed by atoms with E-state index in [1.165, 1.54) is 0 Å². The van der Waals surface area contributed by atoms with E-state index in [2.05, 4.69) is 37.2 Å². The first kappa shape index (κ1) is 35.4. The lowest BCUT2D eigenvalue weighted by atomic mass is 10.1. The lowest BCUT2D eigenvalue weighted by Gasteiger charge is -2.28. The van der Waals surface area contributed by atoms with E-state index < -0.39 is 17.2 Å². The Morgan fingerprint density at radius 1 is 0.771 bits per heavy atom. The average Bonchev–Trinajstić information content (AvgIpc) is 2.65. The van der Waals surface area contributed by atoms with Crippen molar-refractivity contribution in [3.63, 3.8) is 0 Å². The number of hydrogen-bond donors (Lipinski definition) is 2. The Morgan fingerprint density at radius 3 is 1.49 bits per heavy atom. The molecule has 0 aliphatic heterocycles. The molecule has 0 radical (unpaired) electrons. The normalized spacial score (nSPS) is 11.0. The first-order valence-corrected chi connectivity index (χ1v) is 12.2. The SMILES string of the molecule is C.C.CC(C)(COc1ccc(Br)cc1)NC(=O)OC(C)(C)C.CC(C)(N)COc1ccc(Br)cc1. The summed E-state index contributed by atoms with van der Waals surface area (Å²) in [6.45, 7) is 14.0. The van der Waals surface area contributed by atoms with Gasteiger partial charge in [-0.15, -0.1) is 0 Å². The van der Waals surface area contributed by atoms with Gasteiger partial charge in [-0.2, -0.15) is 0 Å². The molecule has 1 amide bonds. The van der Waals surface area contributed by atoms with Gasteiger partial charge in [0.1, 0.15) is 30.3 Å². The van der Waals surface area contributed by atoms with E-state index in [0.29, 0.717) is 13.2 Å². The third-order valence-corrected chi connectivity index (χ3v) is 4.73. The summed E-state index contributed by atoms with van der Waals surface area (Å²) in [5.41, 5.74) is 4.47. The number of alkyl carbamates (subject to hydrolysis) is 1. The van der Waals surface area contributed by atoms with Crippen LogP contribution in [0.3, 0.4) is 0 Å². The van der Waals surface area contributed by atoms with E-state index in [9.17, 15) is 4.79 Å². The van der Waals surface area contributed by atoms with Crippen molar-refractivity contribution >= 4 is 38.0 Å². The fraction of sp³-hybridized carbons (Fsp3) is 0.519. The number of rotatable bonds is 7. The number of nitrogens with one attached hydrogen (secondary N) is 1. The Hall–Kier alpha value is -1.77. The molecule has 6 nitrogen and oxygen atoms in total. The van der Waals surface area contributed by atoms with Crippen molar-refractivity contribution in [2.45, 2.75) is 80.0 Å². The van der Waals surface area contributed by atoms with Crippen LogP contribution in [0.1, 0.15) is 63.3 Å². The van der Waals surface area contributed by atoms with Gasteiger partial charge in [-0.1, -0.05) is 46.7 Å². The van der Waals surface area contributed by atoms with E-state index in [1.54, 1.807) is 0 Å². The molecule has 0 bridgehead atoms. The van der Waals surface area contributed by atoms with Gasteiger partial charge >= 0.3 is 6.09 Å². The summed E-state index contributed by atoms with van der Waals surface area (Å²) in [5.74, 6) is 1.61. The Balaban J connectivity index is 0. The second-order valence-corrected chi connectivity index (χ2v) is 11.8. The van der Waals surface area contributed by atoms with Crippen molar-refractivity contribution in [2.75, 3.05) is 13.2 Å². The lowest BCUT2D eigenvalue weighted by Crippen LogP contribution is -2.49. The molecular formula is C27H44Br2N2O4. The van der Waals surface area contributed by atoms with Gasteiger partial charge in [0.2, 0.25) is 0 Å². The number of hydrogen-bond acceptors (Lipinski definition) is 5. The van der Waals surface area contributed by atoms with E-state index in [0.717, 1.165) is 20.4 Å². The first-order chi connectivity index (χ1) is 15.0. The number of carbonyl (C=O) groups excluding carboxylic acids is 1. The van der Waals surface area contributed by atoms with Crippen molar-refractivity contribution in [3.8, 4) is 11.5 Å². The number of carbonyl (C=O) groups is 1. The highest BCUT2D eigenvalue weighted by atomic mass is 79.9. The first-order valence-electron chi connectivity index (χ1n) is 10.6. The van der Waals surface area contributed by atoms with Gasteiger partial charge in [0.25, 0.3) is 0 Å². The average molecular weight is 620 g/mol. The van der Waals surface area contributed by atoms with Crippen LogP contribution in [0.5, 0.6) is 11.5 Å². The Kier molecular flexibility index (Phi) is 15.5. The maximum atomic E-state index is 11.7. The summed E-state index contributed by atoms with van der Waals surface area (Å²) in [6.07, 6.45) is -0.443. The van der Waals surface area contributed by atoms with Crippen LogP contribution in [0.25, 0.3) is 0 Å². The monoisotopic (exact) mass is 618 g/mol. The van der Waals surface area contributed by atoms with Gasteiger partial charge in [0, 0.05) is 14.5 Å². The summed E-state index contributed by atoms with van der Waals surface area (Å²) in [7, 11) is 0. The van der Waals surface area contributed by atoms with Gasteiger partial charge < -0.3 is 25.3 Å². The van der Waals surface area contributed by atoms with E-state index >= 15 is 0 Å². The zero-order valence-electron chi connectivity index (χ0n) is 20.5. The smallest absolute Gasteiger partial charge is 0.408 e. The van der Waals surface area contributed by atoms with E-state index in [1.807, 2.05) is 97.0 Å². The van der Waals surface area contributed by atoms with Gasteiger partial charge in [-0.3, -0.25) is 0 Å². The number of halogens is 2. The predicted octanol–water partition coefficient (Wildman–Crippen LogP) is 7.97. The van der Waals surface area contributed by atoms with Crippen molar-refractivity contribution in [2.24, 2.45) is 5.73 Å². The van der Waals surface area contributed by atoms with Crippen LogP contribution in [0.15, 0.2) is 57.5 Å². The maximum absolute atomic E-state index is 11.7. The van der Waals surface area contributed by atoms with E-state index in [4.69, 9.17) is 19.9 Å². The van der Waals surface area contributed by atoms with Gasteiger partial charge in [0.15, 0.2) is 0 Å². The summed E-state index contributed by atoms with van der Waals surface area (Å²) < 4.78 is 18.4. The van der Waals surface area contributed by atoms with Crippen LogP contribution >= 0.6 is 31.9 Å². The lowest BCUT2D eigenvalue weighted by molar-refractivity contribution is 0.0441. The fourth-order valence-corrected chi connectivity index (χ4v) is 2.74. The Morgan fingerprint density at radius 2 is 1.14 bits per heavy atom. The molecule has 35 heavy (non-hydrogen) atoms. The van der Waals surface area contributed by atoms with Crippen LogP contribution in [0.2, 0.25) is 0 Å². The van der Waals surface area contributed by atoms with Crippen LogP contribution in [-0.2, 0) is 4.74 Å². The van der Waals surface area contributed by atoms with Crippen LogP contribution in [0.4, 0.5) is 4.79 Å². The van der Waals surface area contributed by atoms with Crippen molar-refractivity contribution in [1.82, 2.24) is 5.32 Å². The number of nitrogens with two attached hydrogens (primary N) is 1. The highest BCUT2D eigenvalue weighted by Gasteiger charge is 2.25. The molecule has 0 aromatic heterocycles. The van der Waals surface area contributed by atoms with Crippen LogP contribution in [-0.4, -0.2) is 36.0 Å². The summed E-state index contributed by atoms with van der Waals surface area (Å²) in [5, 5.41) is 2.80. The molecule has 0 aliphatic rings. The molecule has 2 rings (SSSR count). The molecule has 2 aromatic carbocycles. The molecule has 0 aliphatic carbocycles. The molecule has 3 N–H and O–H groups in total. The highest BCUT2D eigenvalue weighted by Crippen LogP contribution is 2.18. The molecular weight excluding hydrogens is 576 g/mol.